The van der Waals surface area contributed by atoms with E-state index in [0.717, 1.165) is 38.2 Å². The van der Waals surface area contributed by atoms with E-state index in [1.807, 2.05) is 13.3 Å². The van der Waals surface area contributed by atoms with Crippen LogP contribution in [0.1, 0.15) is 44.9 Å². The highest BCUT2D eigenvalue weighted by Crippen LogP contribution is 2.20. The average Bonchev–Trinajstić information content (AvgIpc) is 2.39. The van der Waals surface area contributed by atoms with Crippen molar-refractivity contribution in [1.82, 2.24) is 9.88 Å². The van der Waals surface area contributed by atoms with Crippen molar-refractivity contribution in [2.45, 2.75) is 51.7 Å². The second-order valence-electron chi connectivity index (χ2n) is 6.51. The van der Waals surface area contributed by atoms with Gasteiger partial charge in [-0.3, -0.25) is 9.88 Å². The van der Waals surface area contributed by atoms with Crippen LogP contribution in [-0.4, -0.2) is 36.2 Å². The van der Waals surface area contributed by atoms with Gasteiger partial charge >= 0.3 is 0 Å². The topological polar surface area (TPSA) is 25.4 Å². The van der Waals surface area contributed by atoms with Crippen LogP contribution in [-0.2, 0) is 16.7 Å². The first kappa shape index (κ1) is 14.5. The molecule has 0 atom stereocenters. The van der Waals surface area contributed by atoms with Crippen LogP contribution in [0.4, 0.5) is 0 Å². The van der Waals surface area contributed by atoms with Crippen molar-refractivity contribution in [3.8, 4) is 0 Å². The lowest BCUT2D eigenvalue weighted by atomic mass is 9.91. The first-order valence-corrected chi connectivity index (χ1v) is 7.19. The standard InChI is InChI=1S/C16H26N2O/c1-16(2,3)15-6-5-13(11-17-15)12-18-9-7-14(19-4)8-10-18/h5-6,11,14H,7-10,12H2,1-4H3. The smallest absolute Gasteiger partial charge is 0.0595 e. The van der Waals surface area contributed by atoms with Gasteiger partial charge in [0.2, 0.25) is 0 Å². The van der Waals surface area contributed by atoms with Gasteiger partial charge in [-0.15, -0.1) is 0 Å². The van der Waals surface area contributed by atoms with Gasteiger partial charge in [-0.2, -0.15) is 0 Å². The Hall–Kier alpha value is -0.930. The molecule has 0 aromatic carbocycles. The average molecular weight is 262 g/mol. The van der Waals surface area contributed by atoms with Gasteiger partial charge in [-0.05, 0) is 24.5 Å². The fourth-order valence-electron chi connectivity index (χ4n) is 2.52. The van der Waals surface area contributed by atoms with E-state index < -0.39 is 0 Å². The van der Waals surface area contributed by atoms with E-state index in [4.69, 9.17) is 4.74 Å². The zero-order valence-corrected chi connectivity index (χ0v) is 12.6. The van der Waals surface area contributed by atoms with Crippen LogP contribution in [0.2, 0.25) is 0 Å². The molecule has 0 aliphatic carbocycles. The monoisotopic (exact) mass is 262 g/mol. The molecule has 0 N–H and O–H groups in total. The Balaban J connectivity index is 1.90. The van der Waals surface area contributed by atoms with E-state index in [1.54, 1.807) is 0 Å². The highest BCUT2D eigenvalue weighted by molar-refractivity contribution is 5.19. The lowest BCUT2D eigenvalue weighted by Gasteiger charge is -2.31. The van der Waals surface area contributed by atoms with Crippen LogP contribution in [0, 0.1) is 0 Å². The molecule has 2 rings (SSSR count). The fraction of sp³-hybridized carbons (Fsp3) is 0.688. The number of hydrogen-bond acceptors (Lipinski definition) is 3. The summed E-state index contributed by atoms with van der Waals surface area (Å²) in [5.41, 5.74) is 2.60. The molecule has 1 aromatic rings. The SMILES string of the molecule is COC1CCN(Cc2ccc(C(C)(C)C)nc2)CC1. The van der Waals surface area contributed by atoms with E-state index in [1.165, 1.54) is 5.56 Å². The van der Waals surface area contributed by atoms with E-state index in [2.05, 4.69) is 42.8 Å². The van der Waals surface area contributed by atoms with Crippen molar-refractivity contribution >= 4 is 0 Å². The van der Waals surface area contributed by atoms with E-state index in [-0.39, 0.29) is 5.41 Å². The molecule has 0 bridgehead atoms. The third kappa shape index (κ3) is 4.02. The Morgan fingerprint density at radius 2 is 1.95 bits per heavy atom. The quantitative estimate of drug-likeness (QED) is 0.837. The minimum absolute atomic E-state index is 0.134. The summed E-state index contributed by atoms with van der Waals surface area (Å²) in [6.07, 6.45) is 4.77. The van der Waals surface area contributed by atoms with E-state index in [9.17, 15) is 0 Å². The largest absolute Gasteiger partial charge is 0.381 e. The van der Waals surface area contributed by atoms with Crippen molar-refractivity contribution < 1.29 is 4.74 Å². The number of ether oxygens (including phenoxy) is 1. The number of methoxy groups -OCH3 is 1. The lowest BCUT2D eigenvalue weighted by molar-refractivity contribution is 0.0388. The van der Waals surface area contributed by atoms with Crippen molar-refractivity contribution in [1.29, 1.82) is 0 Å². The second kappa shape index (κ2) is 6.02. The Morgan fingerprint density at radius 3 is 2.42 bits per heavy atom. The molecule has 1 aliphatic rings. The first-order chi connectivity index (χ1) is 8.99. The summed E-state index contributed by atoms with van der Waals surface area (Å²) in [5.74, 6) is 0. The van der Waals surface area contributed by atoms with Gasteiger partial charge < -0.3 is 4.74 Å². The molecule has 0 saturated carbocycles. The predicted molar refractivity (Wildman–Crippen MR) is 78.2 cm³/mol. The molecular formula is C16H26N2O. The van der Waals surface area contributed by atoms with Crippen LogP contribution in [0.3, 0.4) is 0 Å². The van der Waals surface area contributed by atoms with Gasteiger partial charge in [-0.25, -0.2) is 0 Å². The number of rotatable bonds is 3. The second-order valence-corrected chi connectivity index (χ2v) is 6.51. The molecule has 1 saturated heterocycles. The number of piperidine rings is 1. The third-order valence-electron chi connectivity index (χ3n) is 3.87. The molecule has 0 spiro atoms. The van der Waals surface area contributed by atoms with E-state index in [0.29, 0.717) is 6.10 Å². The van der Waals surface area contributed by atoms with Crippen molar-refractivity contribution in [3.63, 3.8) is 0 Å². The molecule has 0 amide bonds. The highest BCUT2D eigenvalue weighted by atomic mass is 16.5. The summed E-state index contributed by atoms with van der Waals surface area (Å²) >= 11 is 0. The maximum Gasteiger partial charge on any atom is 0.0595 e. The number of aromatic nitrogens is 1. The van der Waals surface area contributed by atoms with Crippen molar-refractivity contribution in [2.75, 3.05) is 20.2 Å². The molecule has 0 unspecified atom stereocenters. The van der Waals surface area contributed by atoms with Crippen LogP contribution in [0.5, 0.6) is 0 Å². The predicted octanol–water partition coefficient (Wildman–Crippen LogP) is 2.99. The number of pyridine rings is 1. The molecule has 1 aromatic heterocycles. The van der Waals surface area contributed by atoms with Gasteiger partial charge in [-0.1, -0.05) is 26.8 Å². The Kier molecular flexibility index (Phi) is 4.58. The Labute approximate surface area is 117 Å². The molecule has 1 aliphatic heterocycles. The zero-order valence-electron chi connectivity index (χ0n) is 12.6. The van der Waals surface area contributed by atoms with Crippen LogP contribution >= 0.6 is 0 Å². The summed E-state index contributed by atoms with van der Waals surface area (Å²) in [6.45, 7) is 9.85. The highest BCUT2D eigenvalue weighted by Gasteiger charge is 2.19. The molecule has 0 radical (unpaired) electrons. The molecule has 2 heterocycles. The van der Waals surface area contributed by atoms with Crippen LogP contribution in [0.15, 0.2) is 18.3 Å². The summed E-state index contributed by atoms with van der Waals surface area (Å²) < 4.78 is 5.40. The lowest BCUT2D eigenvalue weighted by Crippen LogP contribution is -2.36. The van der Waals surface area contributed by atoms with Gasteiger partial charge in [0.05, 0.1) is 6.10 Å². The molecule has 3 heteroatoms. The fourth-order valence-corrected chi connectivity index (χ4v) is 2.52. The Bertz CT molecular complexity index is 386. The maximum absolute atomic E-state index is 5.40. The van der Waals surface area contributed by atoms with Gasteiger partial charge in [0, 0.05) is 44.0 Å². The minimum Gasteiger partial charge on any atom is -0.381 e. The number of likely N-dealkylation sites (tertiary alicyclic amines) is 1. The van der Waals surface area contributed by atoms with Gasteiger partial charge in [0.25, 0.3) is 0 Å². The molecule has 3 nitrogen and oxygen atoms in total. The van der Waals surface area contributed by atoms with Gasteiger partial charge in [0.1, 0.15) is 0 Å². The third-order valence-corrected chi connectivity index (χ3v) is 3.87. The van der Waals surface area contributed by atoms with Gasteiger partial charge in [0.15, 0.2) is 0 Å². The summed E-state index contributed by atoms with van der Waals surface area (Å²) in [6, 6.07) is 4.38. The van der Waals surface area contributed by atoms with Crippen molar-refractivity contribution in [2.24, 2.45) is 0 Å². The summed E-state index contributed by atoms with van der Waals surface area (Å²) in [7, 11) is 1.81. The minimum atomic E-state index is 0.134. The van der Waals surface area contributed by atoms with E-state index >= 15 is 0 Å². The van der Waals surface area contributed by atoms with Crippen LogP contribution in [0.25, 0.3) is 0 Å². The number of nitrogens with zero attached hydrogens (tertiary/aromatic N) is 2. The summed E-state index contributed by atoms with van der Waals surface area (Å²) in [5, 5.41) is 0. The molecular weight excluding hydrogens is 236 g/mol. The Morgan fingerprint density at radius 1 is 1.26 bits per heavy atom. The normalized spacial score (nSPS) is 18.7. The van der Waals surface area contributed by atoms with Crippen LogP contribution < -0.4 is 0 Å². The maximum atomic E-state index is 5.40. The zero-order chi connectivity index (χ0) is 13.9. The molecule has 106 valence electrons. The summed E-state index contributed by atoms with van der Waals surface area (Å²) in [4.78, 5) is 7.08. The van der Waals surface area contributed by atoms with Crippen molar-refractivity contribution in [3.05, 3.63) is 29.6 Å². The molecule has 19 heavy (non-hydrogen) atoms. The number of hydrogen-bond donors (Lipinski definition) is 0. The molecule has 1 fully saturated rings. The first-order valence-electron chi connectivity index (χ1n) is 7.19.